The maximum atomic E-state index is 11.9. The Bertz CT molecular complexity index is 546. The first kappa shape index (κ1) is 16.7. The highest BCUT2D eigenvalue weighted by Crippen LogP contribution is 2.54. The third kappa shape index (κ3) is 2.48. The molecule has 0 amide bonds. The summed E-state index contributed by atoms with van der Waals surface area (Å²) in [4.78, 5) is 11.9. The molecule has 4 heterocycles. The summed E-state index contributed by atoms with van der Waals surface area (Å²) in [5.74, 6) is -3.07. The molecule has 4 fully saturated rings. The van der Waals surface area contributed by atoms with Gasteiger partial charge >= 0.3 is 5.97 Å². The van der Waals surface area contributed by atoms with Gasteiger partial charge in [0.05, 0.1) is 13.7 Å². The van der Waals surface area contributed by atoms with Gasteiger partial charge in [-0.1, -0.05) is 0 Å². The Morgan fingerprint density at radius 2 is 1.67 bits per heavy atom. The van der Waals surface area contributed by atoms with E-state index in [9.17, 15) is 4.79 Å². The van der Waals surface area contributed by atoms with Crippen molar-refractivity contribution in [2.24, 2.45) is 0 Å². The third-order valence-corrected chi connectivity index (χ3v) is 4.90. The van der Waals surface area contributed by atoms with Crippen LogP contribution in [0.5, 0.6) is 0 Å². The molecule has 4 aliphatic rings. The zero-order valence-corrected chi connectivity index (χ0v) is 14.6. The summed E-state index contributed by atoms with van der Waals surface area (Å²) in [5.41, 5.74) is 0. The average molecular weight is 344 g/mol. The lowest BCUT2D eigenvalue weighted by Gasteiger charge is -2.35. The Hall–Kier alpha value is -0.770. The lowest BCUT2D eigenvalue weighted by atomic mass is 9.94. The maximum Gasteiger partial charge on any atom is 0.311 e. The molecule has 0 saturated carbocycles. The van der Waals surface area contributed by atoms with E-state index < -0.39 is 35.5 Å². The van der Waals surface area contributed by atoms with Crippen LogP contribution in [0.2, 0.25) is 0 Å². The van der Waals surface area contributed by atoms with Crippen molar-refractivity contribution in [2.45, 2.75) is 82.0 Å². The number of ether oxygens (including phenoxy) is 7. The van der Waals surface area contributed by atoms with Crippen molar-refractivity contribution in [3.63, 3.8) is 0 Å². The fourth-order valence-corrected chi connectivity index (χ4v) is 4.00. The summed E-state index contributed by atoms with van der Waals surface area (Å²) >= 11 is 0. The maximum absolute atomic E-state index is 11.9. The Morgan fingerprint density at radius 1 is 0.958 bits per heavy atom. The molecule has 0 radical (unpaired) electrons. The molecule has 0 aromatic heterocycles. The Labute approximate surface area is 140 Å². The number of rotatable bonds is 3. The van der Waals surface area contributed by atoms with E-state index in [1.54, 1.807) is 0 Å². The normalized spacial score (nSPS) is 47.8. The zero-order valence-electron chi connectivity index (χ0n) is 14.6. The van der Waals surface area contributed by atoms with Crippen molar-refractivity contribution in [2.75, 3.05) is 13.7 Å². The van der Waals surface area contributed by atoms with Gasteiger partial charge in [0.25, 0.3) is 0 Å². The first-order chi connectivity index (χ1) is 11.1. The lowest BCUT2D eigenvalue weighted by molar-refractivity contribution is -0.254. The van der Waals surface area contributed by atoms with E-state index in [0.717, 1.165) is 0 Å². The van der Waals surface area contributed by atoms with Crippen molar-refractivity contribution >= 4 is 5.97 Å². The minimum absolute atomic E-state index is 0.0614. The lowest BCUT2D eigenvalue weighted by Crippen LogP contribution is -2.55. The molecule has 0 aliphatic carbocycles. The second-order valence-corrected chi connectivity index (χ2v) is 7.62. The van der Waals surface area contributed by atoms with Crippen molar-refractivity contribution in [1.29, 1.82) is 0 Å². The minimum atomic E-state index is -1.21. The second-order valence-electron chi connectivity index (χ2n) is 7.62. The molecule has 2 bridgehead atoms. The number of carbonyl (C=O) groups is 1. The summed E-state index contributed by atoms with van der Waals surface area (Å²) in [7, 11) is 1.34. The second kappa shape index (κ2) is 5.12. The van der Waals surface area contributed by atoms with Gasteiger partial charge in [0.1, 0.15) is 36.9 Å². The van der Waals surface area contributed by atoms with E-state index in [-0.39, 0.29) is 24.7 Å². The van der Waals surface area contributed by atoms with Gasteiger partial charge in [0.2, 0.25) is 5.79 Å². The van der Waals surface area contributed by atoms with Crippen LogP contribution in [-0.4, -0.2) is 67.6 Å². The van der Waals surface area contributed by atoms with Crippen LogP contribution < -0.4 is 0 Å². The fraction of sp³-hybridized carbons (Fsp3) is 0.938. The standard InChI is InChI=1S/C16H24O8/c1-14(2)19-7-8(20-14)10-11-12-13(24-15(3,4)21-12)16(22-10,23-11)6-9(17)18-5/h8,10-13H,6-7H2,1-5H3/t8-,10-,11-,12-,13-,16-/m1/s1. The molecule has 4 rings (SSSR count). The number of fused-ring (bicyclic) bond motifs is 5. The molecule has 8 heteroatoms. The van der Waals surface area contributed by atoms with Crippen LogP contribution in [0.25, 0.3) is 0 Å². The number of methoxy groups -OCH3 is 1. The van der Waals surface area contributed by atoms with Crippen LogP contribution in [0.3, 0.4) is 0 Å². The molecule has 0 spiro atoms. The molecular weight excluding hydrogens is 320 g/mol. The quantitative estimate of drug-likeness (QED) is 0.693. The molecule has 8 nitrogen and oxygen atoms in total. The Kier molecular flexibility index (Phi) is 3.56. The van der Waals surface area contributed by atoms with Crippen molar-refractivity contribution in [3.8, 4) is 0 Å². The van der Waals surface area contributed by atoms with E-state index in [4.69, 9.17) is 33.2 Å². The predicted molar refractivity (Wildman–Crippen MR) is 77.8 cm³/mol. The van der Waals surface area contributed by atoms with Gasteiger partial charge < -0.3 is 33.2 Å². The number of esters is 1. The highest BCUT2D eigenvalue weighted by molar-refractivity contribution is 5.70. The molecule has 0 aromatic carbocycles. The Balaban J connectivity index is 1.60. The van der Waals surface area contributed by atoms with E-state index in [2.05, 4.69) is 0 Å². The highest BCUT2D eigenvalue weighted by atomic mass is 16.8. The Morgan fingerprint density at radius 3 is 2.29 bits per heavy atom. The van der Waals surface area contributed by atoms with Crippen LogP contribution in [0, 0.1) is 0 Å². The van der Waals surface area contributed by atoms with Crippen molar-refractivity contribution in [3.05, 3.63) is 0 Å². The van der Waals surface area contributed by atoms with Gasteiger partial charge in [-0.3, -0.25) is 4.79 Å². The summed E-state index contributed by atoms with van der Waals surface area (Å²) in [6.45, 7) is 7.78. The SMILES string of the molecule is COC(=O)C[C@@]12O[C@@H]([C@H]3OC(C)(C)O[C@H]31)[C@@H]([C@H]1COC(C)(C)O1)O2. The smallest absolute Gasteiger partial charge is 0.311 e. The third-order valence-electron chi connectivity index (χ3n) is 4.90. The van der Waals surface area contributed by atoms with Gasteiger partial charge in [-0.2, -0.15) is 0 Å². The molecule has 6 atom stereocenters. The largest absolute Gasteiger partial charge is 0.469 e. The summed E-state index contributed by atoms with van der Waals surface area (Å²) in [6.07, 6.45) is -1.94. The monoisotopic (exact) mass is 344 g/mol. The zero-order chi connectivity index (χ0) is 17.3. The van der Waals surface area contributed by atoms with Crippen molar-refractivity contribution in [1.82, 2.24) is 0 Å². The van der Waals surface area contributed by atoms with E-state index in [0.29, 0.717) is 6.61 Å². The fourth-order valence-electron chi connectivity index (χ4n) is 4.00. The number of hydrogen-bond donors (Lipinski definition) is 0. The van der Waals surface area contributed by atoms with Crippen LogP contribution in [-0.2, 0) is 38.0 Å². The average Bonchev–Trinajstić information content (AvgIpc) is 3.16. The number of carbonyl (C=O) groups excluding carboxylic acids is 1. The van der Waals surface area contributed by atoms with E-state index in [1.807, 2.05) is 27.7 Å². The molecule has 24 heavy (non-hydrogen) atoms. The molecule has 0 aromatic rings. The minimum Gasteiger partial charge on any atom is -0.469 e. The number of hydrogen-bond acceptors (Lipinski definition) is 8. The van der Waals surface area contributed by atoms with Gasteiger partial charge in [-0.05, 0) is 27.7 Å². The summed E-state index contributed by atoms with van der Waals surface area (Å²) in [6, 6.07) is 0. The van der Waals surface area contributed by atoms with Crippen LogP contribution in [0.1, 0.15) is 34.1 Å². The highest BCUT2D eigenvalue weighted by Gasteiger charge is 2.72. The van der Waals surface area contributed by atoms with Gasteiger partial charge in [0.15, 0.2) is 11.6 Å². The molecule has 136 valence electrons. The van der Waals surface area contributed by atoms with Gasteiger partial charge in [-0.25, -0.2) is 0 Å². The molecule has 0 unspecified atom stereocenters. The van der Waals surface area contributed by atoms with Crippen molar-refractivity contribution < 1.29 is 38.0 Å². The van der Waals surface area contributed by atoms with Crippen LogP contribution in [0.15, 0.2) is 0 Å². The summed E-state index contributed by atoms with van der Waals surface area (Å²) < 4.78 is 40.6. The molecule has 0 N–H and O–H groups in total. The first-order valence-electron chi connectivity index (χ1n) is 8.25. The summed E-state index contributed by atoms with van der Waals surface area (Å²) in [5, 5.41) is 0. The predicted octanol–water partition coefficient (Wildman–Crippen LogP) is 0.715. The first-order valence-corrected chi connectivity index (χ1v) is 8.25. The van der Waals surface area contributed by atoms with E-state index in [1.165, 1.54) is 7.11 Å². The van der Waals surface area contributed by atoms with E-state index >= 15 is 0 Å². The molecule has 4 saturated heterocycles. The van der Waals surface area contributed by atoms with Gasteiger partial charge in [-0.15, -0.1) is 0 Å². The molecular formula is C16H24O8. The molecule has 4 aliphatic heterocycles. The van der Waals surface area contributed by atoms with Crippen LogP contribution >= 0.6 is 0 Å². The van der Waals surface area contributed by atoms with Gasteiger partial charge in [0, 0.05) is 0 Å². The van der Waals surface area contributed by atoms with Crippen LogP contribution in [0.4, 0.5) is 0 Å². The topological polar surface area (TPSA) is 81.7 Å².